The van der Waals surface area contributed by atoms with Gasteiger partial charge in [0.1, 0.15) is 0 Å². The molecular weight excluding hydrogens is 697 g/mol. The van der Waals surface area contributed by atoms with Gasteiger partial charge in [-0.2, -0.15) is 0 Å². The summed E-state index contributed by atoms with van der Waals surface area (Å²) in [6.45, 7) is 4.66. The predicted octanol–water partition coefficient (Wildman–Crippen LogP) is 14.6. The van der Waals surface area contributed by atoms with E-state index in [1.54, 1.807) is 0 Å². The third-order valence-corrected chi connectivity index (χ3v) is 12.8. The Hall–Kier alpha value is -6.68. The van der Waals surface area contributed by atoms with Crippen molar-refractivity contribution in [2.45, 2.75) is 19.3 Å². The molecule has 0 N–H and O–H groups in total. The largest absolute Gasteiger partial charge is 0.228 e. The Balaban J connectivity index is 1.13. The molecule has 0 spiro atoms. The molecule has 8 aromatic carbocycles. The zero-order valence-corrected chi connectivity index (χ0v) is 31.9. The van der Waals surface area contributed by atoms with Crippen LogP contribution in [-0.2, 0) is 5.41 Å². The van der Waals surface area contributed by atoms with Crippen molar-refractivity contribution in [1.82, 2.24) is 9.97 Å². The standard InChI is InChI=1S/C53H36N2S/c1-53(2)44-22-12-11-20-41(44)50-42(21-13-23-45(50)53)47-32-46(54-52(55-47)35-17-7-4-8-18-35)39-29-37(33-14-5-3-6-15-33)28-38(30-39)36-24-26-43-49(31-36)56-48-27-25-34-16-9-10-19-40(34)51(43)48/h3-32H,1-2H3. The minimum atomic E-state index is -0.110. The van der Waals surface area contributed by atoms with Gasteiger partial charge in [0.2, 0.25) is 0 Å². The van der Waals surface area contributed by atoms with Crippen molar-refractivity contribution in [1.29, 1.82) is 0 Å². The molecule has 1 aliphatic carbocycles. The van der Waals surface area contributed by atoms with Crippen LogP contribution >= 0.6 is 11.3 Å². The molecule has 10 aromatic rings. The number of nitrogens with zero attached hydrogens (tertiary/aromatic N) is 2. The summed E-state index contributed by atoms with van der Waals surface area (Å²) in [5.41, 5.74) is 14.8. The Morgan fingerprint density at radius 1 is 0.411 bits per heavy atom. The van der Waals surface area contributed by atoms with E-state index in [1.165, 1.54) is 64.3 Å². The fraction of sp³-hybridized carbons (Fsp3) is 0.0566. The lowest BCUT2D eigenvalue weighted by Gasteiger charge is -2.21. The van der Waals surface area contributed by atoms with E-state index >= 15 is 0 Å². The first kappa shape index (κ1) is 32.7. The Labute approximate surface area is 330 Å². The van der Waals surface area contributed by atoms with Crippen LogP contribution in [-0.4, -0.2) is 9.97 Å². The van der Waals surface area contributed by atoms with Gasteiger partial charge in [0, 0.05) is 42.3 Å². The van der Waals surface area contributed by atoms with E-state index < -0.39 is 0 Å². The zero-order chi connectivity index (χ0) is 37.4. The van der Waals surface area contributed by atoms with Gasteiger partial charge < -0.3 is 0 Å². The second kappa shape index (κ2) is 12.7. The maximum absolute atomic E-state index is 5.33. The molecule has 0 saturated carbocycles. The second-order valence-corrected chi connectivity index (χ2v) is 16.4. The molecule has 2 heterocycles. The van der Waals surface area contributed by atoms with Crippen LogP contribution < -0.4 is 0 Å². The van der Waals surface area contributed by atoms with Gasteiger partial charge in [-0.25, -0.2) is 9.97 Å². The maximum atomic E-state index is 5.33. The van der Waals surface area contributed by atoms with Gasteiger partial charge in [0.15, 0.2) is 5.82 Å². The topological polar surface area (TPSA) is 25.8 Å². The molecule has 0 fully saturated rings. The van der Waals surface area contributed by atoms with E-state index in [0.29, 0.717) is 5.82 Å². The summed E-state index contributed by atoms with van der Waals surface area (Å²) >= 11 is 1.87. The summed E-state index contributed by atoms with van der Waals surface area (Å²) in [6.07, 6.45) is 0. The smallest absolute Gasteiger partial charge is 0.160 e. The van der Waals surface area contributed by atoms with Crippen LogP contribution in [0.15, 0.2) is 182 Å². The maximum Gasteiger partial charge on any atom is 0.160 e. The van der Waals surface area contributed by atoms with E-state index in [-0.39, 0.29) is 5.41 Å². The van der Waals surface area contributed by atoms with Gasteiger partial charge in [0.25, 0.3) is 0 Å². The Morgan fingerprint density at radius 3 is 1.91 bits per heavy atom. The lowest BCUT2D eigenvalue weighted by atomic mass is 9.82. The van der Waals surface area contributed by atoms with Gasteiger partial charge in [-0.3, -0.25) is 0 Å². The van der Waals surface area contributed by atoms with Gasteiger partial charge >= 0.3 is 0 Å². The quantitative estimate of drug-likeness (QED) is 0.176. The fourth-order valence-corrected chi connectivity index (χ4v) is 10.0. The Kier molecular flexibility index (Phi) is 7.42. The first-order chi connectivity index (χ1) is 27.5. The molecule has 2 nitrogen and oxygen atoms in total. The van der Waals surface area contributed by atoms with Crippen LogP contribution in [0.2, 0.25) is 0 Å². The molecule has 2 aromatic heterocycles. The summed E-state index contributed by atoms with van der Waals surface area (Å²) in [5, 5.41) is 5.23. The Bertz CT molecular complexity index is 3160. The molecule has 11 rings (SSSR count). The number of thiophene rings is 1. The van der Waals surface area contributed by atoms with Crippen LogP contribution in [0.25, 0.3) is 98.2 Å². The summed E-state index contributed by atoms with van der Waals surface area (Å²) in [5.74, 6) is 0.715. The minimum Gasteiger partial charge on any atom is -0.228 e. The predicted molar refractivity (Wildman–Crippen MR) is 237 cm³/mol. The first-order valence-corrected chi connectivity index (χ1v) is 20.0. The highest BCUT2D eigenvalue weighted by Crippen LogP contribution is 2.52. The number of hydrogen-bond acceptors (Lipinski definition) is 3. The van der Waals surface area contributed by atoms with Crippen molar-refractivity contribution in [2.75, 3.05) is 0 Å². The summed E-state index contributed by atoms with van der Waals surface area (Å²) < 4.78 is 2.60. The van der Waals surface area contributed by atoms with Crippen LogP contribution in [0.4, 0.5) is 0 Å². The van der Waals surface area contributed by atoms with Crippen molar-refractivity contribution < 1.29 is 0 Å². The highest BCUT2D eigenvalue weighted by atomic mass is 32.1. The van der Waals surface area contributed by atoms with Gasteiger partial charge in [0.05, 0.1) is 11.4 Å². The lowest BCUT2D eigenvalue weighted by Crippen LogP contribution is -2.14. The molecule has 0 aliphatic heterocycles. The van der Waals surface area contributed by atoms with E-state index in [0.717, 1.165) is 39.2 Å². The highest BCUT2D eigenvalue weighted by molar-refractivity contribution is 7.26. The SMILES string of the molecule is CC1(C)c2ccccc2-c2c(-c3cc(-c4cc(-c5ccccc5)cc(-c5ccc6c(c5)sc5ccc7ccccc7c56)c4)nc(-c4ccccc4)n3)cccc21. The molecule has 264 valence electrons. The fourth-order valence-electron chi connectivity index (χ4n) is 8.88. The number of benzene rings is 8. The summed E-state index contributed by atoms with van der Waals surface area (Å²) in [6, 6.07) is 65.9. The van der Waals surface area contributed by atoms with E-state index in [9.17, 15) is 0 Å². The third-order valence-electron chi connectivity index (χ3n) is 11.7. The molecule has 0 unspecified atom stereocenters. The molecule has 0 saturated heterocycles. The van der Waals surface area contributed by atoms with Crippen LogP contribution in [0.3, 0.4) is 0 Å². The zero-order valence-electron chi connectivity index (χ0n) is 31.1. The molecule has 0 bridgehead atoms. The molecule has 3 heteroatoms. The third kappa shape index (κ3) is 5.23. The Morgan fingerprint density at radius 2 is 1.07 bits per heavy atom. The minimum absolute atomic E-state index is 0.110. The average Bonchev–Trinajstić information content (AvgIpc) is 3.76. The average molecular weight is 733 g/mol. The van der Waals surface area contributed by atoms with Crippen LogP contribution in [0, 0.1) is 0 Å². The van der Waals surface area contributed by atoms with Crippen molar-refractivity contribution in [3.63, 3.8) is 0 Å². The lowest BCUT2D eigenvalue weighted by molar-refractivity contribution is 0.660. The van der Waals surface area contributed by atoms with Crippen molar-refractivity contribution >= 4 is 42.3 Å². The molecular formula is C53H36N2S. The molecule has 1 aliphatic rings. The number of fused-ring (bicyclic) bond motifs is 8. The van der Waals surface area contributed by atoms with Crippen LogP contribution in [0.1, 0.15) is 25.0 Å². The monoisotopic (exact) mass is 732 g/mol. The van der Waals surface area contributed by atoms with Crippen molar-refractivity contribution in [2.24, 2.45) is 0 Å². The molecule has 0 atom stereocenters. The molecule has 56 heavy (non-hydrogen) atoms. The first-order valence-electron chi connectivity index (χ1n) is 19.2. The number of hydrogen-bond donors (Lipinski definition) is 0. The summed E-state index contributed by atoms with van der Waals surface area (Å²) in [7, 11) is 0. The van der Waals surface area contributed by atoms with Crippen molar-refractivity contribution in [3.05, 3.63) is 193 Å². The molecule has 0 radical (unpaired) electrons. The number of rotatable bonds is 5. The molecule has 0 amide bonds. The second-order valence-electron chi connectivity index (χ2n) is 15.4. The number of aromatic nitrogens is 2. The van der Waals surface area contributed by atoms with Gasteiger partial charge in [-0.1, -0.05) is 159 Å². The van der Waals surface area contributed by atoms with E-state index in [1.807, 2.05) is 17.4 Å². The summed E-state index contributed by atoms with van der Waals surface area (Å²) in [4.78, 5) is 10.7. The highest BCUT2D eigenvalue weighted by Gasteiger charge is 2.36. The van der Waals surface area contributed by atoms with Crippen molar-refractivity contribution in [3.8, 4) is 67.3 Å². The van der Waals surface area contributed by atoms with E-state index in [2.05, 4.69) is 190 Å². The van der Waals surface area contributed by atoms with Crippen LogP contribution in [0.5, 0.6) is 0 Å². The van der Waals surface area contributed by atoms with E-state index in [4.69, 9.17) is 9.97 Å². The van der Waals surface area contributed by atoms with Gasteiger partial charge in [-0.05, 0) is 91.7 Å². The normalized spacial score (nSPS) is 13.0. The van der Waals surface area contributed by atoms with Gasteiger partial charge in [-0.15, -0.1) is 11.3 Å².